The maximum absolute atomic E-state index is 13.2. The van der Waals surface area contributed by atoms with Gasteiger partial charge in [-0.15, -0.1) is 10.2 Å². The number of carbonyl (C=O) groups is 1. The Hall–Kier alpha value is -2.67. The zero-order valence-electron chi connectivity index (χ0n) is 14.5. The monoisotopic (exact) mass is 370 g/mol. The normalized spacial score (nSPS) is 12.1. The van der Waals surface area contributed by atoms with Crippen LogP contribution in [0.3, 0.4) is 0 Å². The van der Waals surface area contributed by atoms with Gasteiger partial charge in [0, 0.05) is 12.1 Å². The minimum atomic E-state index is -0.671. The summed E-state index contributed by atoms with van der Waals surface area (Å²) >= 11 is 1.22. The van der Waals surface area contributed by atoms with Crippen LogP contribution in [0, 0.1) is 12.7 Å². The van der Waals surface area contributed by atoms with E-state index >= 15 is 0 Å². The van der Waals surface area contributed by atoms with E-state index in [4.69, 9.17) is 5.73 Å². The molecule has 0 unspecified atom stereocenters. The Balaban J connectivity index is 1.97. The van der Waals surface area contributed by atoms with Crippen molar-refractivity contribution in [3.63, 3.8) is 0 Å². The minimum absolute atomic E-state index is 0.361. The summed E-state index contributed by atoms with van der Waals surface area (Å²) in [6.45, 7) is 4.65. The molecular weight excluding hydrogens is 351 g/mol. The fourth-order valence-electron chi connectivity index (χ4n) is 2.72. The van der Waals surface area contributed by atoms with Crippen molar-refractivity contribution in [3.05, 3.63) is 65.5 Å². The topological polar surface area (TPSA) is 73.8 Å². The molecule has 2 N–H and O–H groups in total. The van der Waals surface area contributed by atoms with Gasteiger partial charge in [-0.1, -0.05) is 48.2 Å². The predicted molar refractivity (Wildman–Crippen MR) is 100 cm³/mol. The third-order valence-electron chi connectivity index (χ3n) is 4.07. The summed E-state index contributed by atoms with van der Waals surface area (Å²) in [5, 5.41) is 8.51. The molecule has 0 aliphatic carbocycles. The van der Waals surface area contributed by atoms with Crippen LogP contribution in [-0.4, -0.2) is 20.7 Å². The van der Waals surface area contributed by atoms with Crippen molar-refractivity contribution in [1.82, 2.24) is 14.8 Å². The molecule has 0 aliphatic heterocycles. The van der Waals surface area contributed by atoms with Crippen LogP contribution in [0.4, 0.5) is 4.39 Å². The first-order chi connectivity index (χ1) is 12.5. The first kappa shape index (κ1) is 18.1. The van der Waals surface area contributed by atoms with Crippen molar-refractivity contribution < 1.29 is 9.18 Å². The molecule has 1 amide bonds. The largest absolute Gasteiger partial charge is 0.368 e. The molecule has 134 valence electrons. The van der Waals surface area contributed by atoms with E-state index in [1.54, 1.807) is 12.1 Å². The summed E-state index contributed by atoms with van der Waals surface area (Å²) in [5.41, 5.74) is 8.29. The Bertz CT molecular complexity index is 924. The van der Waals surface area contributed by atoms with Crippen LogP contribution in [-0.2, 0) is 11.3 Å². The molecule has 0 fully saturated rings. The van der Waals surface area contributed by atoms with Crippen LogP contribution in [0.25, 0.3) is 11.4 Å². The molecule has 0 saturated carbocycles. The van der Waals surface area contributed by atoms with Crippen LogP contribution in [0.15, 0.2) is 53.7 Å². The van der Waals surface area contributed by atoms with Crippen molar-refractivity contribution in [1.29, 1.82) is 0 Å². The van der Waals surface area contributed by atoms with Gasteiger partial charge in [0.1, 0.15) is 11.1 Å². The molecule has 1 heterocycles. The fourth-order valence-corrected chi connectivity index (χ4v) is 3.77. The summed E-state index contributed by atoms with van der Waals surface area (Å²) in [6, 6.07) is 13.7. The first-order valence-electron chi connectivity index (χ1n) is 8.22. The summed E-state index contributed by atoms with van der Waals surface area (Å²) in [7, 11) is 0. The highest BCUT2D eigenvalue weighted by molar-refractivity contribution is 8.00. The number of aryl methyl sites for hydroxylation is 1. The number of thioether (sulfide) groups is 1. The number of benzene rings is 2. The third-order valence-corrected chi connectivity index (χ3v) is 5.33. The molecule has 0 radical (unpaired) electrons. The Morgan fingerprint density at radius 2 is 1.88 bits per heavy atom. The van der Waals surface area contributed by atoms with E-state index in [1.165, 1.54) is 23.9 Å². The molecule has 2 aromatic carbocycles. The maximum atomic E-state index is 13.2. The Kier molecular flexibility index (Phi) is 5.37. The Morgan fingerprint density at radius 3 is 2.50 bits per heavy atom. The molecule has 3 aromatic rings. The number of rotatable bonds is 6. The number of hydrogen-bond donors (Lipinski definition) is 1. The zero-order valence-corrected chi connectivity index (χ0v) is 15.3. The van der Waals surface area contributed by atoms with E-state index in [0.717, 1.165) is 17.0 Å². The highest BCUT2D eigenvalue weighted by Crippen LogP contribution is 2.36. The molecule has 0 bridgehead atoms. The van der Waals surface area contributed by atoms with E-state index in [2.05, 4.69) is 10.2 Å². The number of hydrogen-bond acceptors (Lipinski definition) is 4. The summed E-state index contributed by atoms with van der Waals surface area (Å²) in [4.78, 5) is 12.0. The average Bonchev–Trinajstić information content (AvgIpc) is 3.03. The van der Waals surface area contributed by atoms with Crippen LogP contribution >= 0.6 is 11.8 Å². The van der Waals surface area contributed by atoms with Gasteiger partial charge < -0.3 is 10.3 Å². The van der Waals surface area contributed by atoms with Gasteiger partial charge >= 0.3 is 0 Å². The summed E-state index contributed by atoms with van der Waals surface area (Å²) in [6.07, 6.45) is 0. The molecule has 0 saturated heterocycles. The number of primary amides is 1. The van der Waals surface area contributed by atoms with E-state index in [-0.39, 0.29) is 5.82 Å². The van der Waals surface area contributed by atoms with Gasteiger partial charge in [0.05, 0.1) is 0 Å². The van der Waals surface area contributed by atoms with Crippen molar-refractivity contribution in [2.24, 2.45) is 5.73 Å². The number of nitrogens with zero attached hydrogens (tertiary/aromatic N) is 3. The zero-order chi connectivity index (χ0) is 18.7. The van der Waals surface area contributed by atoms with Crippen LogP contribution < -0.4 is 5.73 Å². The van der Waals surface area contributed by atoms with Gasteiger partial charge in [0.25, 0.3) is 0 Å². The second kappa shape index (κ2) is 7.70. The van der Waals surface area contributed by atoms with Gasteiger partial charge in [-0.2, -0.15) is 0 Å². The molecule has 0 spiro atoms. The van der Waals surface area contributed by atoms with E-state index < -0.39 is 11.2 Å². The number of halogens is 1. The second-order valence-corrected chi connectivity index (χ2v) is 6.89. The lowest BCUT2D eigenvalue weighted by Crippen LogP contribution is -2.19. The molecule has 7 heteroatoms. The van der Waals surface area contributed by atoms with Crippen LogP contribution in [0.5, 0.6) is 0 Å². The number of amides is 1. The number of nitrogens with two attached hydrogens (primary N) is 1. The van der Waals surface area contributed by atoms with E-state index in [1.807, 2.05) is 42.7 Å². The highest BCUT2D eigenvalue weighted by Gasteiger charge is 2.24. The third kappa shape index (κ3) is 3.62. The predicted octanol–water partition coefficient (Wildman–Crippen LogP) is 3.73. The Labute approximate surface area is 155 Å². The van der Waals surface area contributed by atoms with E-state index in [0.29, 0.717) is 17.3 Å². The Morgan fingerprint density at radius 1 is 1.19 bits per heavy atom. The number of carbonyl (C=O) groups excluding carboxylic acids is 1. The van der Waals surface area contributed by atoms with Crippen molar-refractivity contribution >= 4 is 17.7 Å². The fraction of sp³-hybridized carbons (Fsp3) is 0.211. The smallest absolute Gasteiger partial charge is 0.235 e. The minimum Gasteiger partial charge on any atom is -0.368 e. The lowest BCUT2D eigenvalue weighted by Gasteiger charge is -2.14. The lowest BCUT2D eigenvalue weighted by molar-refractivity contribution is -0.117. The van der Waals surface area contributed by atoms with Gasteiger partial charge in [-0.3, -0.25) is 4.79 Å². The molecule has 26 heavy (non-hydrogen) atoms. The average molecular weight is 370 g/mol. The van der Waals surface area contributed by atoms with Crippen molar-refractivity contribution in [2.75, 3.05) is 0 Å². The highest BCUT2D eigenvalue weighted by atomic mass is 32.2. The van der Waals surface area contributed by atoms with Gasteiger partial charge in [-0.05, 0) is 37.1 Å². The van der Waals surface area contributed by atoms with Gasteiger partial charge in [-0.25, -0.2) is 4.39 Å². The number of aromatic nitrogens is 3. The maximum Gasteiger partial charge on any atom is 0.235 e. The standard InChI is InChI=1S/C19H19FN4OS/c1-3-24-18(15-7-5-4-6-12(15)2)22-23-19(24)26-16(17(21)25)13-8-10-14(20)11-9-13/h4-11,16H,3H2,1-2H3,(H2,21,25)/t16-/m0/s1. The van der Waals surface area contributed by atoms with Crippen molar-refractivity contribution in [2.45, 2.75) is 30.8 Å². The first-order valence-corrected chi connectivity index (χ1v) is 9.10. The molecule has 3 rings (SSSR count). The molecule has 5 nitrogen and oxygen atoms in total. The van der Waals surface area contributed by atoms with Crippen molar-refractivity contribution in [3.8, 4) is 11.4 Å². The molecule has 0 aliphatic rings. The summed E-state index contributed by atoms with van der Waals surface area (Å²) in [5.74, 6) is -0.124. The molecular formula is C19H19FN4OS. The lowest BCUT2D eigenvalue weighted by atomic mass is 10.1. The molecule has 1 aromatic heterocycles. The van der Waals surface area contributed by atoms with Crippen LogP contribution in [0.2, 0.25) is 0 Å². The van der Waals surface area contributed by atoms with E-state index in [9.17, 15) is 9.18 Å². The quantitative estimate of drug-likeness (QED) is 0.671. The van der Waals surface area contributed by atoms with Gasteiger partial charge in [0.15, 0.2) is 11.0 Å². The molecule has 1 atom stereocenters. The van der Waals surface area contributed by atoms with Gasteiger partial charge in [0.2, 0.25) is 5.91 Å². The van der Waals surface area contributed by atoms with Crippen LogP contribution in [0.1, 0.15) is 23.3 Å². The second-order valence-electron chi connectivity index (χ2n) is 5.82. The SMILES string of the molecule is CCn1c(S[C@H](C(N)=O)c2ccc(F)cc2)nnc1-c1ccccc1C. The summed E-state index contributed by atoms with van der Waals surface area (Å²) < 4.78 is 15.1.